The van der Waals surface area contributed by atoms with Crippen LogP contribution >= 0.6 is 0 Å². The number of hydrogen-bond donors (Lipinski definition) is 2. The van der Waals surface area contributed by atoms with Crippen LogP contribution < -0.4 is 5.32 Å². The maximum absolute atomic E-state index is 13.1. The molecule has 2 aromatic carbocycles. The maximum atomic E-state index is 13.1. The molecule has 0 aliphatic carbocycles. The fraction of sp³-hybridized carbons (Fsp3) is 0.250. The van der Waals surface area contributed by atoms with Crippen LogP contribution in [0, 0.1) is 12.7 Å². The summed E-state index contributed by atoms with van der Waals surface area (Å²) >= 11 is 0. The summed E-state index contributed by atoms with van der Waals surface area (Å²) in [5.41, 5.74) is 3.83. The van der Waals surface area contributed by atoms with E-state index in [-0.39, 0.29) is 12.4 Å². The second kappa shape index (κ2) is 6.45. The Balaban J connectivity index is 1.86. The van der Waals surface area contributed by atoms with Crippen molar-refractivity contribution >= 4 is 0 Å². The van der Waals surface area contributed by atoms with E-state index in [0.29, 0.717) is 12.1 Å². The summed E-state index contributed by atoms with van der Waals surface area (Å²) in [7, 11) is 0. The Morgan fingerprint density at radius 2 is 1.53 bits per heavy atom. The second-order valence-corrected chi connectivity index (χ2v) is 4.66. The van der Waals surface area contributed by atoms with Gasteiger partial charge in [-0.05, 0) is 35.2 Å². The van der Waals surface area contributed by atoms with Crippen molar-refractivity contribution in [2.75, 3.05) is 0 Å². The molecule has 2 rings (SSSR count). The van der Waals surface area contributed by atoms with E-state index in [2.05, 4.69) is 5.32 Å². The first-order valence-electron chi connectivity index (χ1n) is 6.33. The van der Waals surface area contributed by atoms with E-state index < -0.39 is 0 Å². The predicted molar refractivity (Wildman–Crippen MR) is 74.0 cm³/mol. The molecule has 100 valence electrons. The highest BCUT2D eigenvalue weighted by molar-refractivity contribution is 5.24. The summed E-state index contributed by atoms with van der Waals surface area (Å²) < 4.78 is 13.1. The van der Waals surface area contributed by atoms with Crippen molar-refractivity contribution in [2.24, 2.45) is 0 Å². The van der Waals surface area contributed by atoms with Gasteiger partial charge in [0, 0.05) is 13.1 Å². The van der Waals surface area contributed by atoms with Crippen LogP contribution in [0.15, 0.2) is 42.5 Å². The number of aryl methyl sites for hydroxylation is 1. The summed E-state index contributed by atoms with van der Waals surface area (Å²) in [6, 6.07) is 13.0. The molecule has 0 aromatic heterocycles. The standard InChI is InChI=1S/C16H18FNO/c1-12-8-15(6-7-16(12)17)10-18-9-13-2-4-14(11-19)5-3-13/h2-8,18-19H,9-11H2,1H3. The normalized spacial score (nSPS) is 10.7. The Morgan fingerprint density at radius 3 is 2.16 bits per heavy atom. The van der Waals surface area contributed by atoms with Gasteiger partial charge < -0.3 is 10.4 Å². The third-order valence-electron chi connectivity index (χ3n) is 3.09. The van der Waals surface area contributed by atoms with Gasteiger partial charge in [0.2, 0.25) is 0 Å². The zero-order valence-electron chi connectivity index (χ0n) is 11.0. The van der Waals surface area contributed by atoms with Crippen molar-refractivity contribution in [3.63, 3.8) is 0 Å². The molecule has 19 heavy (non-hydrogen) atoms. The van der Waals surface area contributed by atoms with Crippen LogP contribution in [-0.2, 0) is 19.7 Å². The molecule has 2 N–H and O–H groups in total. The first kappa shape index (κ1) is 13.7. The van der Waals surface area contributed by atoms with Gasteiger partial charge >= 0.3 is 0 Å². The monoisotopic (exact) mass is 259 g/mol. The summed E-state index contributed by atoms with van der Waals surface area (Å²) in [6.45, 7) is 3.31. The number of halogens is 1. The van der Waals surface area contributed by atoms with Crippen LogP contribution in [0.5, 0.6) is 0 Å². The molecule has 0 heterocycles. The number of hydrogen-bond acceptors (Lipinski definition) is 2. The van der Waals surface area contributed by atoms with Crippen LogP contribution in [0.4, 0.5) is 4.39 Å². The molecule has 3 heteroatoms. The average molecular weight is 259 g/mol. The zero-order chi connectivity index (χ0) is 13.7. The fourth-order valence-corrected chi connectivity index (χ4v) is 1.93. The molecule has 0 radical (unpaired) electrons. The van der Waals surface area contributed by atoms with Crippen LogP contribution in [0.25, 0.3) is 0 Å². The lowest BCUT2D eigenvalue weighted by molar-refractivity contribution is 0.282. The van der Waals surface area contributed by atoms with Crippen LogP contribution in [0.1, 0.15) is 22.3 Å². The molecule has 0 saturated carbocycles. The summed E-state index contributed by atoms with van der Waals surface area (Å²) in [5, 5.41) is 12.3. The van der Waals surface area contributed by atoms with Crippen molar-refractivity contribution in [1.29, 1.82) is 0 Å². The van der Waals surface area contributed by atoms with Crippen molar-refractivity contribution in [1.82, 2.24) is 5.32 Å². The molecule has 0 atom stereocenters. The highest BCUT2D eigenvalue weighted by Gasteiger charge is 1.99. The lowest BCUT2D eigenvalue weighted by Crippen LogP contribution is -2.12. The second-order valence-electron chi connectivity index (χ2n) is 4.66. The van der Waals surface area contributed by atoms with Crippen LogP contribution in [0.3, 0.4) is 0 Å². The molecule has 0 bridgehead atoms. The largest absolute Gasteiger partial charge is 0.392 e. The van der Waals surface area contributed by atoms with Crippen molar-refractivity contribution < 1.29 is 9.50 Å². The minimum Gasteiger partial charge on any atom is -0.392 e. The molecular weight excluding hydrogens is 241 g/mol. The van der Waals surface area contributed by atoms with E-state index in [1.807, 2.05) is 30.3 Å². The van der Waals surface area contributed by atoms with Crippen molar-refractivity contribution in [3.8, 4) is 0 Å². The highest BCUT2D eigenvalue weighted by atomic mass is 19.1. The number of benzene rings is 2. The van der Waals surface area contributed by atoms with Gasteiger partial charge in [0.25, 0.3) is 0 Å². The van der Waals surface area contributed by atoms with E-state index in [4.69, 9.17) is 5.11 Å². The molecular formula is C16H18FNO. The number of nitrogens with one attached hydrogen (secondary N) is 1. The van der Waals surface area contributed by atoms with E-state index in [9.17, 15) is 4.39 Å². The lowest BCUT2D eigenvalue weighted by atomic mass is 10.1. The quantitative estimate of drug-likeness (QED) is 0.865. The van der Waals surface area contributed by atoms with Gasteiger partial charge in [-0.15, -0.1) is 0 Å². The van der Waals surface area contributed by atoms with Crippen molar-refractivity contribution in [3.05, 3.63) is 70.5 Å². The molecule has 2 aromatic rings. The minimum absolute atomic E-state index is 0.0720. The number of aliphatic hydroxyl groups excluding tert-OH is 1. The fourth-order valence-electron chi connectivity index (χ4n) is 1.93. The molecule has 0 fully saturated rings. The van der Waals surface area contributed by atoms with E-state index in [0.717, 1.165) is 23.2 Å². The third kappa shape index (κ3) is 3.88. The topological polar surface area (TPSA) is 32.3 Å². The van der Waals surface area contributed by atoms with Gasteiger partial charge in [-0.25, -0.2) is 4.39 Å². The molecule has 0 unspecified atom stereocenters. The first-order valence-corrected chi connectivity index (χ1v) is 6.33. The van der Waals surface area contributed by atoms with Crippen molar-refractivity contribution in [2.45, 2.75) is 26.6 Å². The molecule has 0 aliphatic heterocycles. The Kier molecular flexibility index (Phi) is 4.66. The highest BCUT2D eigenvalue weighted by Crippen LogP contribution is 2.09. The zero-order valence-corrected chi connectivity index (χ0v) is 11.0. The van der Waals surface area contributed by atoms with E-state index >= 15 is 0 Å². The average Bonchev–Trinajstić information content (AvgIpc) is 2.43. The van der Waals surface area contributed by atoms with Gasteiger partial charge in [-0.1, -0.05) is 36.4 Å². The van der Waals surface area contributed by atoms with Gasteiger partial charge in [-0.2, -0.15) is 0 Å². The predicted octanol–water partition coefficient (Wildman–Crippen LogP) is 2.92. The third-order valence-corrected chi connectivity index (χ3v) is 3.09. The van der Waals surface area contributed by atoms with E-state index in [1.54, 1.807) is 13.0 Å². The Hall–Kier alpha value is -1.71. The van der Waals surface area contributed by atoms with Gasteiger partial charge in [-0.3, -0.25) is 0 Å². The number of aliphatic hydroxyl groups is 1. The van der Waals surface area contributed by atoms with Gasteiger partial charge in [0.15, 0.2) is 0 Å². The molecule has 0 aliphatic rings. The summed E-state index contributed by atoms with van der Waals surface area (Å²) in [5.74, 6) is -0.164. The molecule has 0 spiro atoms. The number of rotatable bonds is 5. The maximum Gasteiger partial charge on any atom is 0.126 e. The summed E-state index contributed by atoms with van der Waals surface area (Å²) in [4.78, 5) is 0. The Bertz CT molecular complexity index is 537. The van der Waals surface area contributed by atoms with Crippen LogP contribution in [-0.4, -0.2) is 5.11 Å². The van der Waals surface area contributed by atoms with Gasteiger partial charge in [0.1, 0.15) is 5.82 Å². The molecule has 0 saturated heterocycles. The van der Waals surface area contributed by atoms with Crippen LogP contribution in [0.2, 0.25) is 0 Å². The minimum atomic E-state index is -0.164. The molecule has 2 nitrogen and oxygen atoms in total. The lowest BCUT2D eigenvalue weighted by Gasteiger charge is -2.07. The Labute approximate surface area is 112 Å². The Morgan fingerprint density at radius 1 is 0.947 bits per heavy atom. The SMILES string of the molecule is Cc1cc(CNCc2ccc(CO)cc2)ccc1F. The summed E-state index contributed by atoms with van der Waals surface area (Å²) in [6.07, 6.45) is 0. The molecule has 0 amide bonds. The van der Waals surface area contributed by atoms with E-state index in [1.165, 1.54) is 6.07 Å². The first-order chi connectivity index (χ1) is 9.19. The smallest absolute Gasteiger partial charge is 0.126 e. The van der Waals surface area contributed by atoms with Gasteiger partial charge in [0.05, 0.1) is 6.61 Å².